The molecule has 0 aliphatic heterocycles. The second kappa shape index (κ2) is 10.7. The SMILES string of the molecule is Cl.OC(c1cncc(-c2sccc2-c2cc(Br)ccc2OCc2ccccc2)c1)C(F)(F)F. The summed E-state index contributed by atoms with van der Waals surface area (Å²) >= 11 is 4.87. The van der Waals surface area contributed by atoms with Gasteiger partial charge in [-0.25, -0.2) is 0 Å². The van der Waals surface area contributed by atoms with Gasteiger partial charge in [0.05, 0.1) is 0 Å². The fraction of sp³-hybridized carbons (Fsp3) is 0.125. The van der Waals surface area contributed by atoms with Crippen LogP contribution in [0.3, 0.4) is 0 Å². The minimum absolute atomic E-state index is 0. The molecule has 9 heteroatoms. The van der Waals surface area contributed by atoms with E-state index < -0.39 is 12.3 Å². The van der Waals surface area contributed by atoms with Crippen molar-refractivity contribution in [1.29, 1.82) is 0 Å². The first-order valence-corrected chi connectivity index (χ1v) is 11.2. The second-order valence-electron chi connectivity index (χ2n) is 7.03. The predicted molar refractivity (Wildman–Crippen MR) is 130 cm³/mol. The maximum absolute atomic E-state index is 13.0. The number of hydrogen-bond acceptors (Lipinski definition) is 4. The molecule has 0 saturated heterocycles. The first-order valence-electron chi connectivity index (χ1n) is 9.57. The van der Waals surface area contributed by atoms with E-state index in [-0.39, 0.29) is 18.0 Å². The quantitative estimate of drug-likeness (QED) is 0.263. The summed E-state index contributed by atoms with van der Waals surface area (Å²) in [4.78, 5) is 4.66. The number of pyridine rings is 1. The molecule has 3 nitrogen and oxygen atoms in total. The number of thiophene rings is 1. The molecule has 4 aromatic rings. The minimum atomic E-state index is -4.76. The lowest BCUT2D eigenvalue weighted by atomic mass is 10.0. The molecule has 33 heavy (non-hydrogen) atoms. The molecule has 1 atom stereocenters. The first-order chi connectivity index (χ1) is 15.3. The maximum atomic E-state index is 13.0. The van der Waals surface area contributed by atoms with Crippen molar-refractivity contribution in [3.63, 3.8) is 0 Å². The summed E-state index contributed by atoms with van der Waals surface area (Å²) in [5.41, 5.74) is 2.81. The zero-order valence-electron chi connectivity index (χ0n) is 16.9. The number of ether oxygens (including phenoxy) is 1. The summed E-state index contributed by atoms with van der Waals surface area (Å²) in [6.07, 6.45) is -4.83. The third-order valence-corrected chi connectivity index (χ3v) is 6.24. The molecule has 2 aromatic heterocycles. The molecule has 0 aliphatic rings. The lowest BCUT2D eigenvalue weighted by Crippen LogP contribution is -2.20. The van der Waals surface area contributed by atoms with Crippen LogP contribution in [-0.2, 0) is 6.61 Å². The highest BCUT2D eigenvalue weighted by atomic mass is 79.9. The van der Waals surface area contributed by atoms with Crippen molar-refractivity contribution >= 4 is 39.7 Å². The first kappa shape index (κ1) is 25.2. The highest BCUT2D eigenvalue weighted by molar-refractivity contribution is 9.10. The van der Waals surface area contributed by atoms with Gasteiger partial charge in [-0.1, -0.05) is 46.3 Å². The van der Waals surface area contributed by atoms with E-state index in [1.807, 2.05) is 60.0 Å². The average molecular weight is 557 g/mol. The number of hydrogen-bond donors (Lipinski definition) is 1. The molecule has 0 saturated carbocycles. The zero-order chi connectivity index (χ0) is 22.7. The smallest absolute Gasteiger partial charge is 0.418 e. The van der Waals surface area contributed by atoms with E-state index in [0.29, 0.717) is 17.9 Å². The molecule has 0 aliphatic carbocycles. The molecule has 172 valence electrons. The molecule has 0 bridgehead atoms. The molecule has 0 spiro atoms. The van der Waals surface area contributed by atoms with Crippen LogP contribution < -0.4 is 4.74 Å². The number of aliphatic hydroxyl groups excluding tert-OH is 1. The number of halogens is 5. The molecule has 0 radical (unpaired) electrons. The van der Waals surface area contributed by atoms with E-state index in [1.54, 1.807) is 0 Å². The van der Waals surface area contributed by atoms with Crippen molar-refractivity contribution in [2.24, 2.45) is 0 Å². The third kappa shape index (κ3) is 5.95. The Morgan fingerprint density at radius 2 is 1.76 bits per heavy atom. The van der Waals surface area contributed by atoms with Gasteiger partial charge in [0.2, 0.25) is 0 Å². The van der Waals surface area contributed by atoms with E-state index in [9.17, 15) is 18.3 Å². The van der Waals surface area contributed by atoms with Crippen LogP contribution in [0.5, 0.6) is 5.75 Å². The molecule has 0 fully saturated rings. The Kier molecular flexibility index (Phi) is 8.18. The molecule has 2 aromatic carbocycles. The summed E-state index contributed by atoms with van der Waals surface area (Å²) in [5.74, 6) is 0.649. The van der Waals surface area contributed by atoms with Gasteiger partial charge in [0, 0.05) is 44.0 Å². The van der Waals surface area contributed by atoms with Crippen molar-refractivity contribution in [2.45, 2.75) is 18.9 Å². The van der Waals surface area contributed by atoms with Crippen LogP contribution >= 0.6 is 39.7 Å². The number of nitrogens with zero attached hydrogens (tertiary/aromatic N) is 1. The van der Waals surface area contributed by atoms with Crippen molar-refractivity contribution in [1.82, 2.24) is 4.98 Å². The van der Waals surface area contributed by atoms with E-state index >= 15 is 0 Å². The highest BCUT2D eigenvalue weighted by Gasteiger charge is 2.39. The average Bonchev–Trinajstić information content (AvgIpc) is 3.28. The minimum Gasteiger partial charge on any atom is -0.488 e. The number of aromatic nitrogens is 1. The van der Waals surface area contributed by atoms with Crippen LogP contribution in [0, 0.1) is 0 Å². The molecule has 2 heterocycles. The summed E-state index contributed by atoms with van der Waals surface area (Å²) in [6.45, 7) is 0.379. The summed E-state index contributed by atoms with van der Waals surface area (Å²) in [6, 6.07) is 18.6. The van der Waals surface area contributed by atoms with E-state index in [1.165, 1.54) is 23.6 Å². The number of alkyl halides is 3. The Morgan fingerprint density at radius 1 is 1.00 bits per heavy atom. The van der Waals surface area contributed by atoms with Crippen LogP contribution in [0.1, 0.15) is 17.2 Å². The van der Waals surface area contributed by atoms with Gasteiger partial charge in [-0.2, -0.15) is 13.2 Å². The summed E-state index contributed by atoms with van der Waals surface area (Å²) in [5, 5.41) is 11.5. The monoisotopic (exact) mass is 555 g/mol. The van der Waals surface area contributed by atoms with Crippen molar-refractivity contribution < 1.29 is 23.0 Å². The van der Waals surface area contributed by atoms with Crippen LogP contribution in [-0.4, -0.2) is 16.3 Å². The van der Waals surface area contributed by atoms with Crippen LogP contribution in [0.4, 0.5) is 13.2 Å². The Bertz CT molecular complexity index is 1220. The molecule has 0 amide bonds. The fourth-order valence-corrected chi connectivity index (χ4v) is 4.49. The maximum Gasteiger partial charge on any atom is 0.418 e. The van der Waals surface area contributed by atoms with E-state index in [2.05, 4.69) is 20.9 Å². The second-order valence-corrected chi connectivity index (χ2v) is 8.86. The number of aliphatic hydroxyl groups is 1. The van der Waals surface area contributed by atoms with Crippen LogP contribution in [0.15, 0.2) is 82.9 Å². The van der Waals surface area contributed by atoms with E-state index in [4.69, 9.17) is 4.74 Å². The molecule has 1 unspecified atom stereocenters. The molecule has 4 rings (SSSR count). The topological polar surface area (TPSA) is 42.4 Å². The number of benzene rings is 2. The van der Waals surface area contributed by atoms with Gasteiger partial charge in [0.25, 0.3) is 0 Å². The third-order valence-electron chi connectivity index (χ3n) is 4.78. The largest absolute Gasteiger partial charge is 0.488 e. The lowest BCUT2D eigenvalue weighted by Gasteiger charge is -2.16. The number of rotatable bonds is 6. The molecule has 1 N–H and O–H groups in total. The standard InChI is InChI=1S/C24H17BrF3NO2S.ClH/c25-18-6-7-21(31-14-15-4-2-1-3-5-15)20(11-18)19-8-9-32-22(19)16-10-17(13-29-12-16)23(30)24(26,27)28;/h1-13,23,30H,14H2;1H. The predicted octanol–water partition coefficient (Wildman–Crippen LogP) is 7.84. The lowest BCUT2D eigenvalue weighted by molar-refractivity contribution is -0.206. The zero-order valence-corrected chi connectivity index (χ0v) is 20.1. The van der Waals surface area contributed by atoms with Gasteiger partial charge in [-0.15, -0.1) is 23.7 Å². The van der Waals surface area contributed by atoms with Crippen molar-refractivity contribution in [3.8, 4) is 27.3 Å². The van der Waals surface area contributed by atoms with Gasteiger partial charge < -0.3 is 9.84 Å². The van der Waals surface area contributed by atoms with Gasteiger partial charge in [-0.05, 0) is 41.3 Å². The van der Waals surface area contributed by atoms with Gasteiger partial charge in [0.15, 0.2) is 6.10 Å². The highest BCUT2D eigenvalue weighted by Crippen LogP contribution is 2.43. The van der Waals surface area contributed by atoms with Gasteiger partial charge in [0.1, 0.15) is 12.4 Å². The Balaban J connectivity index is 0.00000306. The molecular weight excluding hydrogens is 539 g/mol. The van der Waals surface area contributed by atoms with E-state index in [0.717, 1.165) is 32.2 Å². The van der Waals surface area contributed by atoms with Crippen molar-refractivity contribution in [2.75, 3.05) is 0 Å². The Labute approximate surface area is 207 Å². The van der Waals surface area contributed by atoms with Gasteiger partial charge in [-0.3, -0.25) is 4.98 Å². The summed E-state index contributed by atoms with van der Waals surface area (Å²) in [7, 11) is 0. The van der Waals surface area contributed by atoms with Crippen LogP contribution in [0.25, 0.3) is 21.6 Å². The van der Waals surface area contributed by atoms with Crippen molar-refractivity contribution in [3.05, 3.63) is 94.0 Å². The normalized spacial score (nSPS) is 12.2. The molecular formula is C24H18BrClF3NO2S. The van der Waals surface area contributed by atoms with Gasteiger partial charge >= 0.3 is 6.18 Å². The van der Waals surface area contributed by atoms with Crippen LogP contribution in [0.2, 0.25) is 0 Å². The summed E-state index contributed by atoms with van der Waals surface area (Å²) < 4.78 is 45.9. The Morgan fingerprint density at radius 3 is 2.48 bits per heavy atom. The fourth-order valence-electron chi connectivity index (χ4n) is 3.24. The Hall–Kier alpha value is -2.39.